The Balaban J connectivity index is 2.39. The Morgan fingerprint density at radius 3 is 1.80 bits per heavy atom. The summed E-state index contributed by atoms with van der Waals surface area (Å²) < 4.78 is 0. The monoisotopic (exact) mass is 264 g/mol. The number of rotatable bonds is 3. The molecule has 0 aliphatic carbocycles. The Bertz CT molecular complexity index is 596. The van der Waals surface area contributed by atoms with Gasteiger partial charge in [-0.15, -0.1) is 0 Å². The van der Waals surface area contributed by atoms with Gasteiger partial charge in [-0.2, -0.15) is 0 Å². The molecule has 2 rings (SSSR count). The molecular formula is C18H20N2. The van der Waals surface area contributed by atoms with Crippen molar-refractivity contribution >= 4 is 11.5 Å². The Morgan fingerprint density at radius 2 is 1.30 bits per heavy atom. The fourth-order valence-electron chi connectivity index (χ4n) is 1.90. The van der Waals surface area contributed by atoms with Gasteiger partial charge in [0.25, 0.3) is 0 Å². The molecule has 0 aliphatic rings. The second-order valence-electron chi connectivity index (χ2n) is 4.98. The van der Waals surface area contributed by atoms with E-state index in [9.17, 15) is 0 Å². The SMILES string of the molecule is CC(=NC(=NC(C)C)c1ccccc1)c1ccccc1. The lowest BCUT2D eigenvalue weighted by atomic mass is 10.1. The summed E-state index contributed by atoms with van der Waals surface area (Å²) in [5, 5.41) is 0. The third kappa shape index (κ3) is 3.89. The van der Waals surface area contributed by atoms with Crippen molar-refractivity contribution in [3.05, 3.63) is 71.8 Å². The van der Waals surface area contributed by atoms with Gasteiger partial charge in [-0.1, -0.05) is 60.7 Å². The summed E-state index contributed by atoms with van der Waals surface area (Å²) in [5.74, 6) is 0.793. The highest BCUT2D eigenvalue weighted by molar-refractivity contribution is 6.11. The van der Waals surface area contributed by atoms with E-state index in [1.54, 1.807) is 0 Å². The average Bonchev–Trinajstić information content (AvgIpc) is 2.48. The van der Waals surface area contributed by atoms with Crippen LogP contribution in [0.15, 0.2) is 70.6 Å². The van der Waals surface area contributed by atoms with Crippen LogP contribution in [0.3, 0.4) is 0 Å². The maximum absolute atomic E-state index is 4.72. The fraction of sp³-hybridized carbons (Fsp3) is 0.222. The molecule has 0 bridgehead atoms. The largest absolute Gasteiger partial charge is 0.263 e. The molecule has 2 aromatic rings. The van der Waals surface area contributed by atoms with Gasteiger partial charge in [0.15, 0.2) is 5.84 Å². The van der Waals surface area contributed by atoms with E-state index in [-0.39, 0.29) is 6.04 Å². The van der Waals surface area contributed by atoms with Gasteiger partial charge in [0.1, 0.15) is 0 Å². The van der Waals surface area contributed by atoms with Crippen LogP contribution in [0, 0.1) is 0 Å². The molecule has 0 saturated heterocycles. The van der Waals surface area contributed by atoms with Gasteiger partial charge < -0.3 is 0 Å². The van der Waals surface area contributed by atoms with Crippen molar-refractivity contribution in [1.82, 2.24) is 0 Å². The van der Waals surface area contributed by atoms with Gasteiger partial charge in [-0.25, -0.2) is 4.99 Å². The number of hydrogen-bond donors (Lipinski definition) is 0. The molecule has 0 N–H and O–H groups in total. The Hall–Kier alpha value is -2.22. The lowest BCUT2D eigenvalue weighted by molar-refractivity contribution is 0.834. The second kappa shape index (κ2) is 6.80. The molecule has 20 heavy (non-hydrogen) atoms. The van der Waals surface area contributed by atoms with Crippen LogP contribution in [-0.2, 0) is 0 Å². The summed E-state index contributed by atoms with van der Waals surface area (Å²) >= 11 is 0. The lowest BCUT2D eigenvalue weighted by Crippen LogP contribution is -2.06. The second-order valence-corrected chi connectivity index (χ2v) is 4.98. The van der Waals surface area contributed by atoms with Crippen molar-refractivity contribution < 1.29 is 0 Å². The van der Waals surface area contributed by atoms with E-state index < -0.39 is 0 Å². The minimum Gasteiger partial charge on any atom is -0.263 e. The lowest BCUT2D eigenvalue weighted by Gasteiger charge is -2.06. The first-order valence-corrected chi connectivity index (χ1v) is 6.91. The number of amidine groups is 1. The Morgan fingerprint density at radius 1 is 0.800 bits per heavy atom. The van der Waals surface area contributed by atoms with Gasteiger partial charge in [-0.05, 0) is 26.3 Å². The van der Waals surface area contributed by atoms with E-state index in [0.717, 1.165) is 22.7 Å². The molecule has 2 nitrogen and oxygen atoms in total. The zero-order valence-electron chi connectivity index (χ0n) is 12.2. The average molecular weight is 264 g/mol. The fourth-order valence-corrected chi connectivity index (χ4v) is 1.90. The number of aliphatic imine (C=N–C) groups is 2. The molecule has 0 atom stereocenters. The highest BCUT2D eigenvalue weighted by Crippen LogP contribution is 2.08. The quantitative estimate of drug-likeness (QED) is 0.581. The summed E-state index contributed by atoms with van der Waals surface area (Å²) in [4.78, 5) is 9.37. The molecule has 0 amide bonds. The van der Waals surface area contributed by atoms with Crippen molar-refractivity contribution in [3.63, 3.8) is 0 Å². The molecule has 0 saturated carbocycles. The minimum absolute atomic E-state index is 0.220. The summed E-state index contributed by atoms with van der Waals surface area (Å²) in [6.07, 6.45) is 0. The minimum atomic E-state index is 0.220. The van der Waals surface area contributed by atoms with Crippen LogP contribution in [0.2, 0.25) is 0 Å². The van der Waals surface area contributed by atoms with Crippen LogP contribution < -0.4 is 0 Å². The van der Waals surface area contributed by atoms with E-state index in [0.29, 0.717) is 0 Å². The molecule has 102 valence electrons. The third-order valence-corrected chi connectivity index (χ3v) is 2.88. The molecule has 0 fully saturated rings. The molecule has 0 aromatic heterocycles. The first-order chi connectivity index (χ1) is 9.66. The smallest absolute Gasteiger partial charge is 0.155 e. The Labute approximate surface area is 120 Å². The zero-order valence-corrected chi connectivity index (χ0v) is 12.2. The predicted molar refractivity (Wildman–Crippen MR) is 86.8 cm³/mol. The molecule has 2 heteroatoms. The Kier molecular flexibility index (Phi) is 4.83. The van der Waals surface area contributed by atoms with E-state index in [1.165, 1.54) is 0 Å². The number of nitrogens with zero attached hydrogens (tertiary/aromatic N) is 2. The van der Waals surface area contributed by atoms with Crippen molar-refractivity contribution in [2.24, 2.45) is 9.98 Å². The van der Waals surface area contributed by atoms with Crippen LogP contribution in [0.25, 0.3) is 0 Å². The molecule has 0 unspecified atom stereocenters. The van der Waals surface area contributed by atoms with Crippen molar-refractivity contribution in [2.75, 3.05) is 0 Å². The van der Waals surface area contributed by atoms with Crippen molar-refractivity contribution in [3.8, 4) is 0 Å². The molecular weight excluding hydrogens is 244 g/mol. The molecule has 2 aromatic carbocycles. The van der Waals surface area contributed by atoms with Gasteiger partial charge in [0.2, 0.25) is 0 Å². The predicted octanol–water partition coefficient (Wildman–Crippen LogP) is 4.35. The van der Waals surface area contributed by atoms with Crippen LogP contribution in [0.5, 0.6) is 0 Å². The first kappa shape index (κ1) is 14.2. The van der Waals surface area contributed by atoms with Crippen molar-refractivity contribution in [2.45, 2.75) is 26.8 Å². The van der Waals surface area contributed by atoms with E-state index in [4.69, 9.17) is 4.99 Å². The standard InChI is InChI=1S/C18H20N2/c1-14(2)19-18(17-12-8-5-9-13-17)20-15(3)16-10-6-4-7-11-16/h4-14H,1-3H3. The van der Waals surface area contributed by atoms with Crippen LogP contribution in [0.1, 0.15) is 31.9 Å². The third-order valence-electron chi connectivity index (χ3n) is 2.88. The summed E-state index contributed by atoms with van der Waals surface area (Å²) in [7, 11) is 0. The van der Waals surface area contributed by atoms with Gasteiger partial charge in [0.05, 0.1) is 0 Å². The molecule has 0 aliphatic heterocycles. The summed E-state index contributed by atoms with van der Waals surface area (Å²) in [5.41, 5.74) is 3.16. The highest BCUT2D eigenvalue weighted by Gasteiger charge is 2.04. The molecule has 0 radical (unpaired) electrons. The zero-order chi connectivity index (χ0) is 14.4. The van der Waals surface area contributed by atoms with Crippen LogP contribution in [0.4, 0.5) is 0 Å². The summed E-state index contributed by atoms with van der Waals surface area (Å²) in [6.45, 7) is 6.15. The number of hydrogen-bond acceptors (Lipinski definition) is 1. The highest BCUT2D eigenvalue weighted by atomic mass is 14.9. The van der Waals surface area contributed by atoms with Gasteiger partial charge in [0, 0.05) is 17.3 Å². The maximum atomic E-state index is 4.72. The van der Waals surface area contributed by atoms with Gasteiger partial charge >= 0.3 is 0 Å². The molecule has 0 spiro atoms. The van der Waals surface area contributed by atoms with Crippen LogP contribution >= 0.6 is 0 Å². The van der Waals surface area contributed by atoms with E-state index >= 15 is 0 Å². The topological polar surface area (TPSA) is 24.7 Å². The maximum Gasteiger partial charge on any atom is 0.155 e. The van der Waals surface area contributed by atoms with E-state index in [2.05, 4.69) is 31.0 Å². The number of benzene rings is 2. The van der Waals surface area contributed by atoms with E-state index in [1.807, 2.05) is 55.5 Å². The van der Waals surface area contributed by atoms with Crippen molar-refractivity contribution in [1.29, 1.82) is 0 Å². The summed E-state index contributed by atoms with van der Waals surface area (Å²) in [6, 6.07) is 20.5. The first-order valence-electron chi connectivity index (χ1n) is 6.91. The molecule has 0 heterocycles. The van der Waals surface area contributed by atoms with Gasteiger partial charge in [-0.3, -0.25) is 4.99 Å². The van der Waals surface area contributed by atoms with Crippen LogP contribution in [-0.4, -0.2) is 17.6 Å². The normalized spacial score (nSPS) is 12.8.